The van der Waals surface area contributed by atoms with Gasteiger partial charge in [0, 0.05) is 21.9 Å². The lowest BCUT2D eigenvalue weighted by molar-refractivity contribution is 0.223. The van der Waals surface area contributed by atoms with Crippen molar-refractivity contribution < 1.29 is 22.3 Å². The largest absolute Gasteiger partial charge is 0.490 e. The summed E-state index contributed by atoms with van der Waals surface area (Å²) in [5.74, 6) is -1.70. The van der Waals surface area contributed by atoms with E-state index in [2.05, 4.69) is 19.1 Å². The third kappa shape index (κ3) is 6.55. The van der Waals surface area contributed by atoms with Gasteiger partial charge < -0.3 is 4.74 Å². The molecular formula is C31H38F4OS. The highest BCUT2D eigenvalue weighted by molar-refractivity contribution is 7.99. The molecule has 2 atom stereocenters. The van der Waals surface area contributed by atoms with Crippen molar-refractivity contribution in [1.82, 2.24) is 0 Å². The number of halogens is 4. The van der Waals surface area contributed by atoms with E-state index in [-0.39, 0.29) is 28.7 Å². The summed E-state index contributed by atoms with van der Waals surface area (Å²) in [5.41, 5.74) is -0.253. The fourth-order valence-electron chi connectivity index (χ4n) is 5.88. The topological polar surface area (TPSA) is 9.23 Å². The van der Waals surface area contributed by atoms with Crippen molar-refractivity contribution in [2.75, 3.05) is 12.4 Å². The Labute approximate surface area is 223 Å². The molecule has 37 heavy (non-hydrogen) atoms. The van der Waals surface area contributed by atoms with Crippen molar-refractivity contribution in [3.8, 4) is 16.9 Å². The summed E-state index contributed by atoms with van der Waals surface area (Å²) >= 11 is 1.70. The summed E-state index contributed by atoms with van der Waals surface area (Å²) in [4.78, 5) is 0. The highest BCUT2D eigenvalue weighted by Crippen LogP contribution is 2.47. The fourth-order valence-corrected chi connectivity index (χ4v) is 7.46. The van der Waals surface area contributed by atoms with E-state index in [0.717, 1.165) is 43.8 Å². The van der Waals surface area contributed by atoms with Gasteiger partial charge in [0.05, 0.1) is 6.61 Å². The molecule has 1 aliphatic carbocycles. The van der Waals surface area contributed by atoms with E-state index in [4.69, 9.17) is 4.74 Å². The Hall–Kier alpha value is -1.95. The summed E-state index contributed by atoms with van der Waals surface area (Å²) in [7, 11) is 0. The Bertz CT molecular complexity index is 1070. The van der Waals surface area contributed by atoms with E-state index >= 15 is 8.78 Å². The predicted molar refractivity (Wildman–Crippen MR) is 145 cm³/mol. The SMILES string of the molecule is CC=CC1CCC(C2CC[C@@H](c3ccc(-c4ccc(OCCCCC)c(F)c4F)c(F)c3F)SC2)CC1. The van der Waals surface area contributed by atoms with Crippen LogP contribution in [0.25, 0.3) is 11.1 Å². The molecule has 0 spiro atoms. The molecule has 1 heterocycles. The van der Waals surface area contributed by atoms with Crippen molar-refractivity contribution in [2.24, 2.45) is 17.8 Å². The van der Waals surface area contributed by atoms with Gasteiger partial charge >= 0.3 is 0 Å². The lowest BCUT2D eigenvalue weighted by Gasteiger charge is -2.37. The Morgan fingerprint density at radius 1 is 0.811 bits per heavy atom. The van der Waals surface area contributed by atoms with Crippen LogP contribution in [-0.4, -0.2) is 12.4 Å². The molecular weight excluding hydrogens is 496 g/mol. The Morgan fingerprint density at radius 3 is 2.14 bits per heavy atom. The quantitative estimate of drug-likeness (QED) is 0.180. The van der Waals surface area contributed by atoms with Crippen LogP contribution >= 0.6 is 11.8 Å². The van der Waals surface area contributed by atoms with E-state index in [1.165, 1.54) is 43.9 Å². The van der Waals surface area contributed by atoms with Gasteiger partial charge in [-0.15, -0.1) is 0 Å². The van der Waals surface area contributed by atoms with Gasteiger partial charge in [-0.3, -0.25) is 0 Å². The molecule has 2 aromatic rings. The van der Waals surface area contributed by atoms with Crippen LogP contribution in [0.15, 0.2) is 36.4 Å². The molecule has 0 amide bonds. The maximum Gasteiger partial charge on any atom is 0.201 e. The molecule has 0 bridgehead atoms. The van der Waals surface area contributed by atoms with Crippen molar-refractivity contribution in [1.29, 1.82) is 0 Å². The summed E-state index contributed by atoms with van der Waals surface area (Å²) in [6.07, 6.45) is 13.9. The van der Waals surface area contributed by atoms with Crippen LogP contribution in [-0.2, 0) is 0 Å². The number of unbranched alkanes of at least 4 members (excludes halogenated alkanes) is 2. The summed E-state index contributed by atoms with van der Waals surface area (Å²) in [6, 6.07) is 5.47. The first kappa shape index (κ1) is 28.1. The zero-order valence-corrected chi connectivity index (χ0v) is 22.7. The molecule has 0 N–H and O–H groups in total. The molecule has 1 nitrogen and oxygen atoms in total. The van der Waals surface area contributed by atoms with E-state index in [9.17, 15) is 8.78 Å². The van der Waals surface area contributed by atoms with Crippen LogP contribution in [0, 0.1) is 41.0 Å². The van der Waals surface area contributed by atoms with Crippen LogP contribution in [0.1, 0.15) is 82.4 Å². The number of allylic oxidation sites excluding steroid dienone is 2. The molecule has 2 aliphatic rings. The second kappa shape index (κ2) is 13.2. The first-order chi connectivity index (χ1) is 17.9. The van der Waals surface area contributed by atoms with Gasteiger partial charge in [0.25, 0.3) is 0 Å². The lowest BCUT2D eigenvalue weighted by Crippen LogP contribution is -2.26. The lowest BCUT2D eigenvalue weighted by atomic mass is 9.74. The number of thioether (sulfide) groups is 1. The van der Waals surface area contributed by atoms with Crippen LogP contribution in [0.3, 0.4) is 0 Å². The van der Waals surface area contributed by atoms with Crippen molar-refractivity contribution in [3.05, 3.63) is 65.2 Å². The van der Waals surface area contributed by atoms with Gasteiger partial charge in [0.15, 0.2) is 23.2 Å². The second-order valence-electron chi connectivity index (χ2n) is 10.5. The monoisotopic (exact) mass is 534 g/mol. The normalized spacial score (nSPS) is 24.5. The molecule has 1 saturated carbocycles. The van der Waals surface area contributed by atoms with Gasteiger partial charge in [-0.2, -0.15) is 16.2 Å². The van der Waals surface area contributed by atoms with Crippen LogP contribution < -0.4 is 4.74 Å². The third-order valence-electron chi connectivity index (χ3n) is 8.06. The highest BCUT2D eigenvalue weighted by atomic mass is 32.2. The first-order valence-electron chi connectivity index (χ1n) is 13.8. The van der Waals surface area contributed by atoms with Crippen LogP contribution in [0.5, 0.6) is 5.75 Å². The van der Waals surface area contributed by atoms with Gasteiger partial charge in [-0.1, -0.05) is 44.1 Å². The van der Waals surface area contributed by atoms with E-state index in [1.807, 2.05) is 6.92 Å². The van der Waals surface area contributed by atoms with Crippen molar-refractivity contribution in [3.63, 3.8) is 0 Å². The highest BCUT2D eigenvalue weighted by Gasteiger charge is 2.33. The standard InChI is InChI=1S/C31H38F4OS/c1-3-5-6-18-36-26-16-15-24(29(33)31(26)35)23-13-14-25(30(34)28(23)32)27-17-12-22(19-37-27)21-10-8-20(7-4-2)9-11-21/h4,7,13-16,20-22,27H,3,5-6,8-12,17-19H2,1-2H3/t20?,21?,22?,27-/m0/s1. The minimum absolute atomic E-state index is 0.125. The summed E-state index contributed by atoms with van der Waals surface area (Å²) < 4.78 is 65.1. The minimum atomic E-state index is -1.22. The zero-order chi connectivity index (χ0) is 26.4. The number of benzene rings is 2. The molecule has 202 valence electrons. The summed E-state index contributed by atoms with van der Waals surface area (Å²) in [6.45, 7) is 4.39. The van der Waals surface area contributed by atoms with Crippen molar-refractivity contribution in [2.45, 2.75) is 76.9 Å². The minimum Gasteiger partial charge on any atom is -0.490 e. The van der Waals surface area contributed by atoms with E-state index in [1.54, 1.807) is 17.8 Å². The zero-order valence-electron chi connectivity index (χ0n) is 21.9. The van der Waals surface area contributed by atoms with Gasteiger partial charge in [-0.25, -0.2) is 13.2 Å². The molecule has 1 aliphatic heterocycles. The molecule has 6 heteroatoms. The Morgan fingerprint density at radius 2 is 1.49 bits per heavy atom. The number of hydrogen-bond donors (Lipinski definition) is 0. The number of hydrogen-bond acceptors (Lipinski definition) is 2. The second-order valence-corrected chi connectivity index (χ2v) is 11.7. The van der Waals surface area contributed by atoms with Gasteiger partial charge in [0.1, 0.15) is 0 Å². The molecule has 0 radical (unpaired) electrons. The number of ether oxygens (including phenoxy) is 1. The number of rotatable bonds is 9. The van der Waals surface area contributed by atoms with Crippen LogP contribution in [0.2, 0.25) is 0 Å². The maximum atomic E-state index is 15.2. The molecule has 1 saturated heterocycles. The van der Waals surface area contributed by atoms with E-state index < -0.39 is 23.3 Å². The molecule has 2 aromatic carbocycles. The van der Waals surface area contributed by atoms with E-state index in [0.29, 0.717) is 17.4 Å². The molecule has 1 unspecified atom stereocenters. The Balaban J connectivity index is 1.41. The predicted octanol–water partition coefficient (Wildman–Crippen LogP) is 10.0. The fraction of sp³-hybridized carbons (Fsp3) is 0.548. The molecule has 0 aromatic heterocycles. The maximum absolute atomic E-state index is 15.2. The molecule has 2 fully saturated rings. The Kier molecular flexibility index (Phi) is 10.0. The van der Waals surface area contributed by atoms with Crippen LogP contribution in [0.4, 0.5) is 17.6 Å². The van der Waals surface area contributed by atoms with Crippen molar-refractivity contribution >= 4 is 11.8 Å². The average molecular weight is 535 g/mol. The van der Waals surface area contributed by atoms with Gasteiger partial charge in [0.2, 0.25) is 5.82 Å². The third-order valence-corrected chi connectivity index (χ3v) is 9.57. The average Bonchev–Trinajstić information content (AvgIpc) is 2.92. The van der Waals surface area contributed by atoms with Gasteiger partial charge in [-0.05, 0) is 87.5 Å². The first-order valence-corrected chi connectivity index (χ1v) is 14.8. The smallest absolute Gasteiger partial charge is 0.201 e. The summed E-state index contributed by atoms with van der Waals surface area (Å²) in [5, 5.41) is -0.125. The molecule has 4 rings (SSSR count).